The number of halogens is 1. The average Bonchev–Trinajstić information content (AvgIpc) is 2.40. The number of carboxylic acid groups (broad SMARTS) is 1. The number of hydrogen-bond donors (Lipinski definition) is 2. The summed E-state index contributed by atoms with van der Waals surface area (Å²) in [5.74, 6) is -1.40. The number of rotatable bonds is 6. The first-order valence-electron chi connectivity index (χ1n) is 5.79. The Bertz CT molecular complexity index is 460. The molecule has 1 atom stereocenters. The molecule has 0 bridgehead atoms. The summed E-state index contributed by atoms with van der Waals surface area (Å²) in [4.78, 5) is 21.9. The zero-order valence-corrected chi connectivity index (χ0v) is 10.6. The lowest BCUT2D eigenvalue weighted by molar-refractivity contribution is -0.144. The van der Waals surface area contributed by atoms with Gasteiger partial charge in [0.1, 0.15) is 18.0 Å². The van der Waals surface area contributed by atoms with Crippen LogP contribution in [0.3, 0.4) is 0 Å². The Balaban J connectivity index is 2.77. The van der Waals surface area contributed by atoms with Crippen molar-refractivity contribution in [2.75, 3.05) is 6.67 Å². The topological polar surface area (TPSA) is 89.6 Å². The normalized spacial score (nSPS) is 13.6. The van der Waals surface area contributed by atoms with E-state index in [-0.39, 0.29) is 18.8 Å². The van der Waals surface area contributed by atoms with Gasteiger partial charge in [0, 0.05) is 12.8 Å². The molecule has 0 saturated carbocycles. The van der Waals surface area contributed by atoms with Crippen LogP contribution >= 0.6 is 0 Å². The molecular formula is C13H16FNO4. The van der Waals surface area contributed by atoms with Crippen molar-refractivity contribution in [2.45, 2.75) is 25.3 Å². The molecule has 0 saturated heterocycles. The van der Waals surface area contributed by atoms with Crippen LogP contribution in [-0.4, -0.2) is 29.3 Å². The van der Waals surface area contributed by atoms with Crippen molar-refractivity contribution in [3.05, 3.63) is 29.8 Å². The zero-order chi connectivity index (χ0) is 14.5. The maximum atomic E-state index is 12.7. The van der Waals surface area contributed by atoms with E-state index in [1.165, 1.54) is 12.1 Å². The van der Waals surface area contributed by atoms with Gasteiger partial charge in [-0.15, -0.1) is 0 Å². The minimum Gasteiger partial charge on any atom is -0.480 e. The molecule has 0 aliphatic heterocycles. The number of nitrogens with two attached hydrogens (primary N) is 1. The van der Waals surface area contributed by atoms with Gasteiger partial charge in [0.25, 0.3) is 0 Å². The quantitative estimate of drug-likeness (QED) is 0.600. The van der Waals surface area contributed by atoms with E-state index >= 15 is 0 Å². The van der Waals surface area contributed by atoms with Gasteiger partial charge in [-0.3, -0.25) is 9.59 Å². The number of carboxylic acids is 1. The highest BCUT2D eigenvalue weighted by molar-refractivity contribution is 5.79. The van der Waals surface area contributed by atoms with Gasteiger partial charge in [0.05, 0.1) is 0 Å². The summed E-state index contributed by atoms with van der Waals surface area (Å²) in [6, 6.07) is 6.14. The molecule has 1 aromatic rings. The summed E-state index contributed by atoms with van der Waals surface area (Å²) in [6.07, 6.45) is 0.120. The van der Waals surface area contributed by atoms with Crippen LogP contribution in [0.4, 0.5) is 4.39 Å². The van der Waals surface area contributed by atoms with Crippen LogP contribution < -0.4 is 10.5 Å². The fraction of sp³-hybridized carbons (Fsp3) is 0.385. The second-order valence-corrected chi connectivity index (χ2v) is 4.24. The van der Waals surface area contributed by atoms with E-state index in [0.29, 0.717) is 11.3 Å². The standard InChI is InChI=1S/C13H16FNO4/c1-2-11(16)19-10-5-3-9(4-6-10)7-13(15,8-14)12(17)18/h3-6H,2,7-8,15H2,1H3,(H,17,18)/t13-/m0/s1. The molecule has 5 nitrogen and oxygen atoms in total. The fourth-order valence-electron chi connectivity index (χ4n) is 1.42. The van der Waals surface area contributed by atoms with Gasteiger partial charge < -0.3 is 15.6 Å². The van der Waals surface area contributed by atoms with E-state index in [9.17, 15) is 14.0 Å². The Labute approximate surface area is 110 Å². The van der Waals surface area contributed by atoms with E-state index < -0.39 is 18.2 Å². The third-order valence-corrected chi connectivity index (χ3v) is 2.63. The Morgan fingerprint density at radius 1 is 1.37 bits per heavy atom. The summed E-state index contributed by atoms with van der Waals surface area (Å²) in [5, 5.41) is 8.86. The van der Waals surface area contributed by atoms with E-state index in [4.69, 9.17) is 15.6 Å². The first-order chi connectivity index (χ1) is 8.91. The van der Waals surface area contributed by atoms with Crippen molar-refractivity contribution in [2.24, 2.45) is 5.73 Å². The Kier molecular flexibility index (Phi) is 5.00. The molecule has 0 aliphatic rings. The number of carbonyl (C=O) groups is 2. The highest BCUT2D eigenvalue weighted by Crippen LogP contribution is 2.17. The third-order valence-electron chi connectivity index (χ3n) is 2.63. The van der Waals surface area contributed by atoms with Crippen LogP contribution in [0.15, 0.2) is 24.3 Å². The fourth-order valence-corrected chi connectivity index (χ4v) is 1.42. The number of hydrogen-bond acceptors (Lipinski definition) is 4. The van der Waals surface area contributed by atoms with Crippen molar-refractivity contribution in [1.29, 1.82) is 0 Å². The number of alkyl halides is 1. The summed E-state index contributed by atoms with van der Waals surface area (Å²) in [6.45, 7) is 0.516. The molecule has 0 aliphatic carbocycles. The summed E-state index contributed by atoms with van der Waals surface area (Å²) >= 11 is 0. The third kappa shape index (κ3) is 4.03. The number of esters is 1. The van der Waals surface area contributed by atoms with Gasteiger partial charge in [-0.2, -0.15) is 0 Å². The van der Waals surface area contributed by atoms with Gasteiger partial charge >= 0.3 is 11.9 Å². The number of benzene rings is 1. The maximum absolute atomic E-state index is 12.7. The summed E-state index contributed by atoms with van der Waals surface area (Å²) in [7, 11) is 0. The highest BCUT2D eigenvalue weighted by atomic mass is 19.1. The monoisotopic (exact) mass is 269 g/mol. The van der Waals surface area contributed by atoms with E-state index in [1.807, 2.05) is 0 Å². The number of aliphatic carboxylic acids is 1. The Hall–Kier alpha value is -1.95. The van der Waals surface area contributed by atoms with Crippen LogP contribution in [0, 0.1) is 0 Å². The molecule has 104 valence electrons. The minimum absolute atomic E-state index is 0.138. The molecule has 0 amide bonds. The SMILES string of the molecule is CCC(=O)Oc1ccc(C[C@](N)(CF)C(=O)O)cc1. The number of ether oxygens (including phenoxy) is 1. The Morgan fingerprint density at radius 2 is 1.95 bits per heavy atom. The molecule has 0 heterocycles. The predicted molar refractivity (Wildman–Crippen MR) is 66.6 cm³/mol. The molecule has 0 spiro atoms. The molecule has 19 heavy (non-hydrogen) atoms. The first kappa shape index (κ1) is 15.1. The molecule has 0 fully saturated rings. The van der Waals surface area contributed by atoms with Crippen molar-refractivity contribution < 1.29 is 23.8 Å². The average molecular weight is 269 g/mol. The van der Waals surface area contributed by atoms with Crippen LogP contribution in [-0.2, 0) is 16.0 Å². The summed E-state index contributed by atoms with van der Waals surface area (Å²) in [5.41, 5.74) is 4.08. The molecule has 0 radical (unpaired) electrons. The lowest BCUT2D eigenvalue weighted by atomic mass is 9.93. The van der Waals surface area contributed by atoms with Crippen LogP contribution in [0.5, 0.6) is 5.75 Å². The predicted octanol–water partition coefficient (Wildman–Crippen LogP) is 1.30. The van der Waals surface area contributed by atoms with Gasteiger partial charge in [0.15, 0.2) is 0 Å². The lowest BCUT2D eigenvalue weighted by Gasteiger charge is -2.20. The molecule has 6 heteroatoms. The molecule has 0 aromatic heterocycles. The lowest BCUT2D eigenvalue weighted by Crippen LogP contribution is -2.52. The van der Waals surface area contributed by atoms with Crippen molar-refractivity contribution in [1.82, 2.24) is 0 Å². The van der Waals surface area contributed by atoms with Crippen LogP contribution in [0.2, 0.25) is 0 Å². The molecule has 1 rings (SSSR count). The highest BCUT2D eigenvalue weighted by Gasteiger charge is 2.34. The maximum Gasteiger partial charge on any atom is 0.326 e. The van der Waals surface area contributed by atoms with Gasteiger partial charge in [-0.1, -0.05) is 19.1 Å². The van der Waals surface area contributed by atoms with Gasteiger partial charge in [-0.25, -0.2) is 4.39 Å². The minimum atomic E-state index is -1.93. The largest absolute Gasteiger partial charge is 0.480 e. The Morgan fingerprint density at radius 3 is 2.37 bits per heavy atom. The van der Waals surface area contributed by atoms with Crippen LogP contribution in [0.25, 0.3) is 0 Å². The first-order valence-corrected chi connectivity index (χ1v) is 5.79. The molecule has 3 N–H and O–H groups in total. The molecule has 1 aromatic carbocycles. The van der Waals surface area contributed by atoms with Gasteiger partial charge in [-0.05, 0) is 17.7 Å². The summed E-state index contributed by atoms with van der Waals surface area (Å²) < 4.78 is 17.7. The zero-order valence-electron chi connectivity index (χ0n) is 10.6. The second kappa shape index (κ2) is 6.29. The van der Waals surface area contributed by atoms with Crippen molar-refractivity contribution >= 4 is 11.9 Å². The second-order valence-electron chi connectivity index (χ2n) is 4.24. The van der Waals surface area contributed by atoms with Crippen molar-refractivity contribution in [3.63, 3.8) is 0 Å². The van der Waals surface area contributed by atoms with E-state index in [2.05, 4.69) is 0 Å². The smallest absolute Gasteiger partial charge is 0.326 e. The van der Waals surface area contributed by atoms with E-state index in [0.717, 1.165) is 0 Å². The van der Waals surface area contributed by atoms with Crippen LogP contribution in [0.1, 0.15) is 18.9 Å². The van der Waals surface area contributed by atoms with Crippen molar-refractivity contribution in [3.8, 4) is 5.75 Å². The molecular weight excluding hydrogens is 253 g/mol. The van der Waals surface area contributed by atoms with E-state index in [1.54, 1.807) is 19.1 Å². The number of carbonyl (C=O) groups excluding carboxylic acids is 1. The van der Waals surface area contributed by atoms with Gasteiger partial charge in [0.2, 0.25) is 0 Å². The molecule has 0 unspecified atom stereocenters.